The standard InChI is InChI=1S/C31H25ClFN5O4/c1-37-14-26(36-18-37)28(40)20-11-23-27(24(33)12-20)31(21-4-6-22(32)7-5-21,42-17-30(16-39)8-9-30)38(29(23)41)15-25-19(13-34)3-2-10-35-25/h2-7,10-12,14,18,39H,8-9,15-17H2,1H3. The van der Waals surface area contributed by atoms with Crippen LogP contribution in [0.4, 0.5) is 4.39 Å². The number of ketones is 1. The number of amides is 1. The molecule has 1 fully saturated rings. The number of nitriles is 1. The van der Waals surface area contributed by atoms with Crippen LogP contribution in [0.15, 0.2) is 67.3 Å². The van der Waals surface area contributed by atoms with Crippen LogP contribution in [0.1, 0.15) is 61.6 Å². The van der Waals surface area contributed by atoms with Crippen molar-refractivity contribution >= 4 is 23.3 Å². The number of fused-ring (bicyclic) bond motifs is 1. The number of aliphatic hydroxyl groups is 1. The number of ether oxygens (including phenoxy) is 1. The molecule has 0 saturated heterocycles. The van der Waals surface area contributed by atoms with Gasteiger partial charge in [-0.3, -0.25) is 19.5 Å². The number of hydrogen-bond donors (Lipinski definition) is 1. The highest BCUT2D eigenvalue weighted by Crippen LogP contribution is 2.52. The monoisotopic (exact) mass is 585 g/mol. The maximum absolute atomic E-state index is 16.5. The van der Waals surface area contributed by atoms with Crippen LogP contribution >= 0.6 is 11.6 Å². The first kappa shape index (κ1) is 27.7. The molecule has 4 aromatic rings. The SMILES string of the molecule is Cn1cnc(C(=O)c2cc(F)c3c(c2)C(=O)N(Cc2ncccc2C#N)C3(OCC2(CO)CC2)c2ccc(Cl)cc2)c1. The van der Waals surface area contributed by atoms with Crippen molar-refractivity contribution in [3.8, 4) is 6.07 Å². The summed E-state index contributed by atoms with van der Waals surface area (Å²) in [4.78, 5) is 37.3. The van der Waals surface area contributed by atoms with E-state index >= 15 is 4.39 Å². The fraction of sp³-hybridized carbons (Fsp3) is 0.258. The van der Waals surface area contributed by atoms with Crippen LogP contribution in [0.5, 0.6) is 0 Å². The average molecular weight is 586 g/mol. The van der Waals surface area contributed by atoms with E-state index in [1.165, 1.54) is 29.7 Å². The van der Waals surface area contributed by atoms with Gasteiger partial charge in [0.05, 0.1) is 48.5 Å². The third kappa shape index (κ3) is 4.56. The lowest BCUT2D eigenvalue weighted by Crippen LogP contribution is -2.48. The molecule has 6 rings (SSSR count). The predicted molar refractivity (Wildman–Crippen MR) is 149 cm³/mol. The van der Waals surface area contributed by atoms with Gasteiger partial charge in [-0.05, 0) is 49.2 Å². The van der Waals surface area contributed by atoms with Crippen LogP contribution in [0.2, 0.25) is 5.02 Å². The smallest absolute Gasteiger partial charge is 0.257 e. The van der Waals surface area contributed by atoms with Crippen molar-refractivity contribution in [1.82, 2.24) is 19.4 Å². The van der Waals surface area contributed by atoms with Crippen LogP contribution in [0.25, 0.3) is 0 Å². The fourth-order valence-electron chi connectivity index (χ4n) is 5.34. The number of aliphatic hydroxyl groups excluding tert-OH is 1. The number of benzene rings is 2. The molecule has 42 heavy (non-hydrogen) atoms. The van der Waals surface area contributed by atoms with Crippen molar-refractivity contribution in [1.29, 1.82) is 5.26 Å². The van der Waals surface area contributed by atoms with Gasteiger partial charge in [-0.2, -0.15) is 5.26 Å². The van der Waals surface area contributed by atoms with Crippen molar-refractivity contribution in [3.63, 3.8) is 0 Å². The molecule has 0 spiro atoms. The van der Waals surface area contributed by atoms with Gasteiger partial charge in [0.15, 0.2) is 5.72 Å². The number of hydrogen-bond acceptors (Lipinski definition) is 7. The van der Waals surface area contributed by atoms with Gasteiger partial charge in [-0.25, -0.2) is 9.37 Å². The molecule has 1 N–H and O–H groups in total. The first-order valence-corrected chi connectivity index (χ1v) is 13.6. The molecular weight excluding hydrogens is 561 g/mol. The van der Waals surface area contributed by atoms with Gasteiger partial charge < -0.3 is 14.4 Å². The minimum absolute atomic E-state index is 0.0245. The third-order valence-corrected chi connectivity index (χ3v) is 8.17. The van der Waals surface area contributed by atoms with E-state index in [2.05, 4.69) is 16.0 Å². The lowest BCUT2D eigenvalue weighted by molar-refractivity contribution is -0.130. The molecule has 1 amide bonds. The number of aryl methyl sites for hydroxylation is 1. The van der Waals surface area contributed by atoms with Crippen molar-refractivity contribution in [3.05, 3.63) is 117 Å². The van der Waals surface area contributed by atoms with Crippen LogP contribution in [0, 0.1) is 22.6 Å². The maximum atomic E-state index is 16.5. The Morgan fingerprint density at radius 2 is 1.98 bits per heavy atom. The summed E-state index contributed by atoms with van der Waals surface area (Å²) in [5.74, 6) is -1.99. The van der Waals surface area contributed by atoms with E-state index in [1.54, 1.807) is 48.0 Å². The number of pyridine rings is 1. The zero-order valence-corrected chi connectivity index (χ0v) is 23.3. The molecule has 9 nitrogen and oxygen atoms in total. The quantitative estimate of drug-likeness (QED) is 0.290. The van der Waals surface area contributed by atoms with Crippen LogP contribution in [-0.4, -0.2) is 49.4 Å². The van der Waals surface area contributed by atoms with Gasteiger partial charge in [-0.1, -0.05) is 23.7 Å². The second-order valence-electron chi connectivity index (χ2n) is 10.7. The highest BCUT2D eigenvalue weighted by Gasteiger charge is 2.56. The first-order valence-electron chi connectivity index (χ1n) is 13.2. The van der Waals surface area contributed by atoms with E-state index in [-0.39, 0.29) is 53.4 Å². The molecule has 0 bridgehead atoms. The Kier molecular flexibility index (Phi) is 6.89. The van der Waals surface area contributed by atoms with E-state index in [0.29, 0.717) is 23.4 Å². The molecule has 11 heteroatoms. The molecule has 212 valence electrons. The zero-order valence-electron chi connectivity index (χ0n) is 22.6. The summed E-state index contributed by atoms with van der Waals surface area (Å²) in [5, 5.41) is 20.2. The van der Waals surface area contributed by atoms with E-state index < -0.39 is 28.6 Å². The van der Waals surface area contributed by atoms with Gasteiger partial charge in [0, 0.05) is 41.0 Å². The minimum Gasteiger partial charge on any atom is -0.396 e. The number of nitrogens with zero attached hydrogens (tertiary/aromatic N) is 5. The molecule has 2 aliphatic rings. The zero-order chi connectivity index (χ0) is 29.6. The molecule has 2 aromatic carbocycles. The predicted octanol–water partition coefficient (Wildman–Crippen LogP) is 4.36. The number of imidazole rings is 1. The Bertz CT molecular complexity index is 1760. The minimum atomic E-state index is -1.82. The van der Waals surface area contributed by atoms with Crippen molar-refractivity contribution in [2.24, 2.45) is 12.5 Å². The van der Waals surface area contributed by atoms with E-state index in [4.69, 9.17) is 16.3 Å². The summed E-state index contributed by atoms with van der Waals surface area (Å²) in [6.45, 7) is -0.311. The Hall–Kier alpha value is -4.43. The number of halogens is 2. The van der Waals surface area contributed by atoms with Crippen LogP contribution < -0.4 is 0 Å². The van der Waals surface area contributed by atoms with E-state index in [9.17, 15) is 20.0 Å². The highest BCUT2D eigenvalue weighted by atomic mass is 35.5. The second kappa shape index (κ2) is 10.4. The van der Waals surface area contributed by atoms with Crippen molar-refractivity contribution in [2.45, 2.75) is 25.1 Å². The number of carbonyl (C=O) groups is 2. The second-order valence-corrected chi connectivity index (χ2v) is 11.2. The topological polar surface area (TPSA) is 121 Å². The molecule has 2 aromatic heterocycles. The Balaban J connectivity index is 1.57. The van der Waals surface area contributed by atoms with E-state index in [1.807, 2.05) is 0 Å². The van der Waals surface area contributed by atoms with Gasteiger partial charge in [0.2, 0.25) is 5.78 Å². The van der Waals surface area contributed by atoms with Gasteiger partial charge in [0.25, 0.3) is 5.91 Å². The van der Waals surface area contributed by atoms with Crippen LogP contribution in [0.3, 0.4) is 0 Å². The lowest BCUT2D eigenvalue weighted by atomic mass is 9.90. The summed E-state index contributed by atoms with van der Waals surface area (Å²) in [7, 11) is 1.71. The Morgan fingerprint density at radius 1 is 1.21 bits per heavy atom. The number of carbonyl (C=O) groups excluding carboxylic acids is 2. The van der Waals surface area contributed by atoms with Crippen molar-refractivity contribution < 1.29 is 23.8 Å². The highest BCUT2D eigenvalue weighted by molar-refractivity contribution is 6.30. The molecule has 1 unspecified atom stereocenters. The van der Waals surface area contributed by atoms with E-state index in [0.717, 1.165) is 6.07 Å². The maximum Gasteiger partial charge on any atom is 0.257 e. The molecule has 1 saturated carbocycles. The normalized spacial score (nSPS) is 18.5. The van der Waals surface area contributed by atoms with Crippen molar-refractivity contribution in [2.75, 3.05) is 13.2 Å². The Labute approximate surface area is 245 Å². The summed E-state index contributed by atoms with van der Waals surface area (Å²) in [6.07, 6.45) is 5.89. The summed E-state index contributed by atoms with van der Waals surface area (Å²) >= 11 is 6.21. The van der Waals surface area contributed by atoms with Gasteiger partial charge in [0.1, 0.15) is 17.6 Å². The largest absolute Gasteiger partial charge is 0.396 e. The lowest BCUT2D eigenvalue weighted by Gasteiger charge is -2.40. The average Bonchev–Trinajstić information content (AvgIpc) is 3.59. The molecule has 3 heterocycles. The fourth-order valence-corrected chi connectivity index (χ4v) is 5.47. The molecular formula is C31H25ClFN5O4. The Morgan fingerprint density at radius 3 is 2.62 bits per heavy atom. The number of aromatic nitrogens is 3. The number of rotatable bonds is 9. The molecule has 0 radical (unpaired) electrons. The van der Waals surface area contributed by atoms with Gasteiger partial charge in [-0.15, -0.1) is 0 Å². The first-order chi connectivity index (χ1) is 20.2. The summed E-state index contributed by atoms with van der Waals surface area (Å²) < 4.78 is 24.7. The summed E-state index contributed by atoms with van der Waals surface area (Å²) in [5.41, 5.74) is -1.48. The molecule has 1 aliphatic carbocycles. The third-order valence-electron chi connectivity index (χ3n) is 7.92. The molecule has 1 aliphatic heterocycles. The van der Waals surface area contributed by atoms with Crippen LogP contribution in [-0.2, 0) is 24.1 Å². The molecule has 1 atom stereocenters. The summed E-state index contributed by atoms with van der Waals surface area (Å²) in [6, 6.07) is 14.2. The van der Waals surface area contributed by atoms with Gasteiger partial charge >= 0.3 is 0 Å².